The summed E-state index contributed by atoms with van der Waals surface area (Å²) in [5, 5.41) is 5.32. The second-order valence-corrected chi connectivity index (χ2v) is 5.40. The van der Waals surface area contributed by atoms with E-state index in [0.29, 0.717) is 18.4 Å². The van der Waals surface area contributed by atoms with Crippen LogP contribution in [-0.2, 0) is 4.79 Å². The highest BCUT2D eigenvalue weighted by atomic mass is 32.2. The molecule has 2 amide bonds. The number of amides is 2. The molecule has 0 saturated carbocycles. The van der Waals surface area contributed by atoms with Crippen molar-refractivity contribution in [3.8, 4) is 0 Å². The van der Waals surface area contributed by atoms with Crippen molar-refractivity contribution < 1.29 is 18.4 Å². The highest BCUT2D eigenvalue weighted by molar-refractivity contribution is 7.99. The number of carbonyl (C=O) groups excluding carboxylic acids is 2. The van der Waals surface area contributed by atoms with Crippen molar-refractivity contribution in [2.45, 2.75) is 6.04 Å². The summed E-state index contributed by atoms with van der Waals surface area (Å²) in [4.78, 5) is 22.9. The molecule has 0 radical (unpaired) electrons. The lowest BCUT2D eigenvalue weighted by molar-refractivity contribution is -0.117. The van der Waals surface area contributed by atoms with Crippen LogP contribution >= 0.6 is 11.8 Å². The Morgan fingerprint density at radius 2 is 2.10 bits per heavy atom. The molecule has 2 rings (SSSR count). The second kappa shape index (κ2) is 6.19. The molecule has 1 aliphatic rings. The molecule has 108 valence electrons. The zero-order chi connectivity index (χ0) is 14.7. The van der Waals surface area contributed by atoms with Crippen LogP contribution in [0.5, 0.6) is 0 Å². The van der Waals surface area contributed by atoms with Gasteiger partial charge in [0.25, 0.3) is 5.91 Å². The highest BCUT2D eigenvalue weighted by Gasteiger charge is 2.23. The second-order valence-electron chi connectivity index (χ2n) is 4.25. The van der Waals surface area contributed by atoms with Crippen LogP contribution in [0.4, 0.5) is 14.5 Å². The third kappa shape index (κ3) is 3.26. The summed E-state index contributed by atoms with van der Waals surface area (Å²) < 4.78 is 26.9. The summed E-state index contributed by atoms with van der Waals surface area (Å²) in [6.07, 6.45) is 0. The molecular formula is C12H13F2N3O2S. The van der Waals surface area contributed by atoms with Gasteiger partial charge in [-0.3, -0.25) is 9.59 Å². The maximum absolute atomic E-state index is 13.6. The number of hydrogen-bond donors (Lipinski definition) is 3. The fourth-order valence-electron chi connectivity index (χ4n) is 1.79. The summed E-state index contributed by atoms with van der Waals surface area (Å²) in [6, 6.07) is 0.981. The highest BCUT2D eigenvalue weighted by Crippen LogP contribution is 2.20. The van der Waals surface area contributed by atoms with Crippen LogP contribution < -0.4 is 16.4 Å². The van der Waals surface area contributed by atoms with Gasteiger partial charge in [-0.2, -0.15) is 11.8 Å². The summed E-state index contributed by atoms with van der Waals surface area (Å²) in [7, 11) is 0. The van der Waals surface area contributed by atoms with Gasteiger partial charge in [-0.25, -0.2) is 8.78 Å². The Labute approximate surface area is 118 Å². The fourth-order valence-corrected chi connectivity index (χ4v) is 2.72. The first kappa shape index (κ1) is 14.7. The lowest BCUT2D eigenvalue weighted by Crippen LogP contribution is -2.46. The average Bonchev–Trinajstić information content (AvgIpc) is 2.42. The van der Waals surface area contributed by atoms with Crippen molar-refractivity contribution in [2.75, 3.05) is 23.4 Å². The number of nitrogens with two attached hydrogens (primary N) is 1. The Balaban J connectivity index is 2.18. The van der Waals surface area contributed by atoms with Gasteiger partial charge in [0, 0.05) is 24.1 Å². The third-order valence-electron chi connectivity index (χ3n) is 2.82. The van der Waals surface area contributed by atoms with E-state index in [-0.39, 0.29) is 5.69 Å². The first-order valence-corrected chi connectivity index (χ1v) is 7.05. The third-order valence-corrected chi connectivity index (χ3v) is 3.88. The van der Waals surface area contributed by atoms with Gasteiger partial charge >= 0.3 is 0 Å². The first-order chi connectivity index (χ1) is 9.49. The van der Waals surface area contributed by atoms with E-state index in [9.17, 15) is 18.4 Å². The largest absolute Gasteiger partial charge is 0.366 e. The number of anilines is 1. The maximum atomic E-state index is 13.6. The summed E-state index contributed by atoms with van der Waals surface area (Å²) in [5.74, 6) is -2.00. The average molecular weight is 301 g/mol. The van der Waals surface area contributed by atoms with Gasteiger partial charge in [-0.15, -0.1) is 0 Å². The van der Waals surface area contributed by atoms with Crippen LogP contribution in [0.15, 0.2) is 12.1 Å². The Kier molecular flexibility index (Phi) is 4.56. The smallest absolute Gasteiger partial charge is 0.251 e. The van der Waals surface area contributed by atoms with Crippen molar-refractivity contribution in [1.82, 2.24) is 5.32 Å². The zero-order valence-electron chi connectivity index (χ0n) is 10.4. The van der Waals surface area contributed by atoms with Crippen molar-refractivity contribution in [3.05, 3.63) is 29.3 Å². The molecule has 0 aliphatic carbocycles. The Morgan fingerprint density at radius 3 is 2.70 bits per heavy atom. The zero-order valence-corrected chi connectivity index (χ0v) is 11.2. The minimum Gasteiger partial charge on any atom is -0.366 e. The normalized spacial score (nSPS) is 18.6. The van der Waals surface area contributed by atoms with Crippen LogP contribution in [0.1, 0.15) is 10.4 Å². The van der Waals surface area contributed by atoms with E-state index >= 15 is 0 Å². The Bertz CT molecular complexity index is 548. The maximum Gasteiger partial charge on any atom is 0.251 e. The SMILES string of the molecule is NC(=O)c1cc(NC(=O)C2CSCCN2)c(F)cc1F. The Hall–Kier alpha value is -1.67. The van der Waals surface area contributed by atoms with E-state index in [1.54, 1.807) is 11.8 Å². The van der Waals surface area contributed by atoms with Crippen LogP contribution in [0, 0.1) is 11.6 Å². The molecule has 1 aliphatic heterocycles. The number of hydrogen-bond acceptors (Lipinski definition) is 4. The molecule has 5 nitrogen and oxygen atoms in total. The molecule has 1 fully saturated rings. The minimum atomic E-state index is -1.06. The van der Waals surface area contributed by atoms with Crippen molar-refractivity contribution in [1.29, 1.82) is 0 Å². The van der Waals surface area contributed by atoms with E-state index in [1.807, 2.05) is 0 Å². The van der Waals surface area contributed by atoms with Crippen LogP contribution in [0.2, 0.25) is 0 Å². The van der Waals surface area contributed by atoms with E-state index in [0.717, 1.165) is 11.8 Å². The monoisotopic (exact) mass is 301 g/mol. The quantitative estimate of drug-likeness (QED) is 0.767. The molecule has 1 atom stereocenters. The molecule has 4 N–H and O–H groups in total. The van der Waals surface area contributed by atoms with Gasteiger partial charge in [0.2, 0.25) is 5.91 Å². The van der Waals surface area contributed by atoms with Gasteiger partial charge in [-0.05, 0) is 6.07 Å². The van der Waals surface area contributed by atoms with Gasteiger partial charge in [0.1, 0.15) is 11.6 Å². The van der Waals surface area contributed by atoms with Crippen molar-refractivity contribution in [3.63, 3.8) is 0 Å². The molecule has 1 aromatic carbocycles. The molecule has 1 aromatic rings. The molecule has 0 aromatic heterocycles. The van der Waals surface area contributed by atoms with E-state index < -0.39 is 35.1 Å². The number of benzene rings is 1. The first-order valence-electron chi connectivity index (χ1n) is 5.90. The predicted octanol–water partition coefficient (Wildman–Crippen LogP) is 0.707. The van der Waals surface area contributed by atoms with Gasteiger partial charge in [0.05, 0.1) is 17.3 Å². The molecule has 0 spiro atoms. The molecule has 1 heterocycles. The van der Waals surface area contributed by atoms with Crippen molar-refractivity contribution >= 4 is 29.3 Å². The fraction of sp³-hybridized carbons (Fsp3) is 0.333. The van der Waals surface area contributed by atoms with Gasteiger partial charge in [0.15, 0.2) is 0 Å². The molecule has 1 unspecified atom stereocenters. The summed E-state index contributed by atoms with van der Waals surface area (Å²) >= 11 is 1.61. The van der Waals surface area contributed by atoms with Crippen LogP contribution in [0.3, 0.4) is 0 Å². The van der Waals surface area contributed by atoms with Gasteiger partial charge in [-0.1, -0.05) is 0 Å². The summed E-state index contributed by atoms with van der Waals surface area (Å²) in [6.45, 7) is 0.682. The molecule has 8 heteroatoms. The number of primary amides is 1. The predicted molar refractivity (Wildman–Crippen MR) is 72.6 cm³/mol. The number of rotatable bonds is 3. The minimum absolute atomic E-state index is 0.262. The van der Waals surface area contributed by atoms with E-state index in [2.05, 4.69) is 10.6 Å². The summed E-state index contributed by atoms with van der Waals surface area (Å²) in [5.41, 5.74) is 4.25. The van der Waals surface area contributed by atoms with Gasteiger partial charge < -0.3 is 16.4 Å². The number of nitrogens with one attached hydrogen (secondary N) is 2. The number of thioether (sulfide) groups is 1. The molecule has 0 bridgehead atoms. The standard InChI is InChI=1S/C12H13F2N3O2S/c13-7-4-8(14)9(3-6(7)11(15)18)17-12(19)10-5-20-2-1-16-10/h3-4,10,16H,1-2,5H2,(H2,15,18)(H,17,19). The van der Waals surface area contributed by atoms with Crippen LogP contribution in [-0.4, -0.2) is 35.9 Å². The lowest BCUT2D eigenvalue weighted by Gasteiger charge is -2.22. The lowest BCUT2D eigenvalue weighted by atomic mass is 10.1. The number of carbonyl (C=O) groups is 2. The topological polar surface area (TPSA) is 84.2 Å². The molecule has 1 saturated heterocycles. The van der Waals surface area contributed by atoms with E-state index in [4.69, 9.17) is 5.73 Å². The molecule has 20 heavy (non-hydrogen) atoms. The van der Waals surface area contributed by atoms with Crippen LogP contribution in [0.25, 0.3) is 0 Å². The number of halogens is 2. The van der Waals surface area contributed by atoms with E-state index in [1.165, 1.54) is 0 Å². The molecular weight excluding hydrogens is 288 g/mol. The Morgan fingerprint density at radius 1 is 1.35 bits per heavy atom. The van der Waals surface area contributed by atoms with Crippen molar-refractivity contribution in [2.24, 2.45) is 5.73 Å².